The molecule has 1 saturated heterocycles. The zero-order chi connectivity index (χ0) is 13.7. The van der Waals surface area contributed by atoms with Crippen molar-refractivity contribution in [3.8, 4) is 0 Å². The SMILES string of the molecule is COCc1ccccc1CN1C(C)CCCC1CN. The van der Waals surface area contributed by atoms with Crippen LogP contribution in [0, 0.1) is 0 Å². The summed E-state index contributed by atoms with van der Waals surface area (Å²) in [7, 11) is 1.75. The minimum atomic E-state index is 0.527. The number of ether oxygens (including phenoxy) is 1. The molecule has 0 bridgehead atoms. The summed E-state index contributed by atoms with van der Waals surface area (Å²) in [6, 6.07) is 9.71. The predicted octanol–water partition coefficient (Wildman–Crippen LogP) is 2.53. The van der Waals surface area contributed by atoms with Gasteiger partial charge in [0.15, 0.2) is 0 Å². The van der Waals surface area contributed by atoms with Crippen molar-refractivity contribution in [3.05, 3.63) is 35.4 Å². The van der Waals surface area contributed by atoms with Crippen LogP contribution in [-0.2, 0) is 17.9 Å². The highest BCUT2D eigenvalue weighted by atomic mass is 16.5. The normalized spacial score (nSPS) is 24.6. The van der Waals surface area contributed by atoms with Gasteiger partial charge in [-0.2, -0.15) is 0 Å². The number of methoxy groups -OCH3 is 1. The average Bonchev–Trinajstić information content (AvgIpc) is 2.43. The molecule has 1 aromatic carbocycles. The van der Waals surface area contributed by atoms with Crippen LogP contribution in [0.4, 0.5) is 0 Å². The van der Waals surface area contributed by atoms with Crippen LogP contribution in [0.15, 0.2) is 24.3 Å². The first kappa shape index (κ1) is 14.5. The number of benzene rings is 1. The maximum absolute atomic E-state index is 5.94. The molecule has 19 heavy (non-hydrogen) atoms. The van der Waals surface area contributed by atoms with Gasteiger partial charge >= 0.3 is 0 Å². The average molecular weight is 262 g/mol. The maximum Gasteiger partial charge on any atom is 0.0716 e. The van der Waals surface area contributed by atoms with Crippen molar-refractivity contribution >= 4 is 0 Å². The van der Waals surface area contributed by atoms with Crippen molar-refractivity contribution in [2.45, 2.75) is 51.4 Å². The number of nitrogens with two attached hydrogens (primary N) is 1. The Morgan fingerprint density at radius 2 is 2.00 bits per heavy atom. The summed E-state index contributed by atoms with van der Waals surface area (Å²) in [6.07, 6.45) is 3.81. The number of nitrogens with zero attached hydrogens (tertiary/aromatic N) is 1. The van der Waals surface area contributed by atoms with Crippen LogP contribution in [0.3, 0.4) is 0 Å². The van der Waals surface area contributed by atoms with E-state index in [-0.39, 0.29) is 0 Å². The molecule has 0 saturated carbocycles. The molecule has 2 atom stereocenters. The number of piperidine rings is 1. The molecule has 106 valence electrons. The number of hydrogen-bond acceptors (Lipinski definition) is 3. The van der Waals surface area contributed by atoms with Crippen molar-refractivity contribution in [1.82, 2.24) is 4.90 Å². The third-order valence-corrected chi connectivity index (χ3v) is 4.24. The highest BCUT2D eigenvalue weighted by molar-refractivity contribution is 5.26. The molecule has 0 aromatic heterocycles. The molecular formula is C16H26N2O. The number of hydrogen-bond donors (Lipinski definition) is 1. The monoisotopic (exact) mass is 262 g/mol. The van der Waals surface area contributed by atoms with Crippen LogP contribution in [0.2, 0.25) is 0 Å². The van der Waals surface area contributed by atoms with Gasteiger partial charge in [-0.1, -0.05) is 30.7 Å². The van der Waals surface area contributed by atoms with Gasteiger partial charge < -0.3 is 10.5 Å². The first-order valence-electron chi connectivity index (χ1n) is 7.27. The summed E-state index contributed by atoms with van der Waals surface area (Å²) in [5, 5.41) is 0. The zero-order valence-electron chi connectivity index (χ0n) is 12.1. The van der Waals surface area contributed by atoms with Gasteiger partial charge in [0.25, 0.3) is 0 Å². The standard InChI is InChI=1S/C16H26N2O/c1-13-6-5-9-16(10-17)18(13)11-14-7-3-4-8-15(14)12-19-2/h3-4,7-8,13,16H,5-6,9-12,17H2,1-2H3. The molecule has 1 fully saturated rings. The summed E-state index contributed by atoms with van der Waals surface area (Å²) in [4.78, 5) is 2.57. The Morgan fingerprint density at radius 3 is 2.68 bits per heavy atom. The van der Waals surface area contributed by atoms with Gasteiger partial charge in [0.1, 0.15) is 0 Å². The summed E-state index contributed by atoms with van der Waals surface area (Å²) in [5.41, 5.74) is 8.60. The third-order valence-electron chi connectivity index (χ3n) is 4.24. The van der Waals surface area contributed by atoms with E-state index in [0.717, 1.165) is 13.1 Å². The molecule has 0 aliphatic carbocycles. The number of rotatable bonds is 5. The second kappa shape index (κ2) is 7.04. The fourth-order valence-corrected chi connectivity index (χ4v) is 3.08. The minimum absolute atomic E-state index is 0.527. The molecule has 1 aliphatic heterocycles. The molecule has 0 spiro atoms. The molecule has 0 amide bonds. The highest BCUT2D eigenvalue weighted by Crippen LogP contribution is 2.25. The minimum Gasteiger partial charge on any atom is -0.380 e. The molecule has 2 unspecified atom stereocenters. The molecule has 1 heterocycles. The van der Waals surface area contributed by atoms with Gasteiger partial charge in [0.05, 0.1) is 6.61 Å². The fourth-order valence-electron chi connectivity index (χ4n) is 3.08. The quantitative estimate of drug-likeness (QED) is 0.886. The van der Waals surface area contributed by atoms with Gasteiger partial charge in [-0.3, -0.25) is 4.90 Å². The van der Waals surface area contributed by atoms with Gasteiger partial charge in [-0.25, -0.2) is 0 Å². The summed E-state index contributed by atoms with van der Waals surface area (Å²) in [6.45, 7) is 4.76. The lowest BCUT2D eigenvalue weighted by atomic mass is 9.95. The molecule has 2 rings (SSSR count). The number of likely N-dealkylation sites (tertiary alicyclic amines) is 1. The smallest absolute Gasteiger partial charge is 0.0716 e. The van der Waals surface area contributed by atoms with Crippen LogP contribution >= 0.6 is 0 Å². The van der Waals surface area contributed by atoms with Crippen molar-refractivity contribution < 1.29 is 4.74 Å². The Bertz CT molecular complexity index is 394. The fraction of sp³-hybridized carbons (Fsp3) is 0.625. The second-order valence-electron chi connectivity index (χ2n) is 5.54. The Kier molecular flexibility index (Phi) is 5.37. The van der Waals surface area contributed by atoms with E-state index < -0.39 is 0 Å². The van der Waals surface area contributed by atoms with Crippen molar-refractivity contribution in [3.63, 3.8) is 0 Å². The highest BCUT2D eigenvalue weighted by Gasteiger charge is 2.27. The lowest BCUT2D eigenvalue weighted by Crippen LogP contribution is -2.48. The molecule has 2 N–H and O–H groups in total. The molecular weight excluding hydrogens is 236 g/mol. The summed E-state index contributed by atoms with van der Waals surface area (Å²) in [5.74, 6) is 0. The van der Waals surface area contributed by atoms with Crippen LogP contribution in [0.5, 0.6) is 0 Å². The lowest BCUT2D eigenvalue weighted by Gasteiger charge is -2.40. The van der Waals surface area contributed by atoms with E-state index >= 15 is 0 Å². The first-order chi connectivity index (χ1) is 9.26. The van der Waals surface area contributed by atoms with E-state index in [0.29, 0.717) is 18.7 Å². The molecule has 1 aromatic rings. The van der Waals surface area contributed by atoms with Crippen molar-refractivity contribution in [2.24, 2.45) is 5.73 Å². The van der Waals surface area contributed by atoms with E-state index in [4.69, 9.17) is 10.5 Å². The summed E-state index contributed by atoms with van der Waals surface area (Å²) < 4.78 is 5.29. The van der Waals surface area contributed by atoms with Crippen molar-refractivity contribution in [2.75, 3.05) is 13.7 Å². The van der Waals surface area contributed by atoms with E-state index in [1.165, 1.54) is 30.4 Å². The Balaban J connectivity index is 2.14. The first-order valence-corrected chi connectivity index (χ1v) is 7.27. The topological polar surface area (TPSA) is 38.5 Å². The molecule has 1 aliphatic rings. The third kappa shape index (κ3) is 3.56. The van der Waals surface area contributed by atoms with E-state index in [9.17, 15) is 0 Å². The molecule has 0 radical (unpaired) electrons. The maximum atomic E-state index is 5.94. The Morgan fingerprint density at radius 1 is 1.26 bits per heavy atom. The largest absolute Gasteiger partial charge is 0.380 e. The molecule has 3 heteroatoms. The summed E-state index contributed by atoms with van der Waals surface area (Å²) >= 11 is 0. The van der Waals surface area contributed by atoms with Crippen LogP contribution in [0.25, 0.3) is 0 Å². The van der Waals surface area contributed by atoms with E-state index in [1.807, 2.05) is 0 Å². The van der Waals surface area contributed by atoms with Crippen molar-refractivity contribution in [1.29, 1.82) is 0 Å². The molecule has 3 nitrogen and oxygen atoms in total. The second-order valence-corrected chi connectivity index (χ2v) is 5.54. The van der Waals surface area contributed by atoms with Gasteiger partial charge in [-0.05, 0) is 30.9 Å². The lowest BCUT2D eigenvalue weighted by molar-refractivity contribution is 0.0879. The van der Waals surface area contributed by atoms with E-state index in [2.05, 4.69) is 36.1 Å². The Labute approximate surface area is 116 Å². The van der Waals surface area contributed by atoms with Crippen LogP contribution in [-0.4, -0.2) is 30.6 Å². The van der Waals surface area contributed by atoms with Gasteiger partial charge in [-0.15, -0.1) is 0 Å². The van der Waals surface area contributed by atoms with Crippen LogP contribution in [0.1, 0.15) is 37.3 Å². The Hall–Kier alpha value is -0.900. The van der Waals surface area contributed by atoms with E-state index in [1.54, 1.807) is 7.11 Å². The van der Waals surface area contributed by atoms with Crippen LogP contribution < -0.4 is 5.73 Å². The zero-order valence-corrected chi connectivity index (χ0v) is 12.1. The predicted molar refractivity (Wildman–Crippen MR) is 78.9 cm³/mol. The van der Waals surface area contributed by atoms with Gasteiger partial charge in [0.2, 0.25) is 0 Å². The van der Waals surface area contributed by atoms with Gasteiger partial charge in [0, 0.05) is 32.3 Å².